The molecule has 3 rings (SSSR count). The van der Waals surface area contributed by atoms with Crippen LogP contribution in [0.3, 0.4) is 0 Å². The minimum absolute atomic E-state index is 0.299. The molecular formula is C13H20N4O2. The van der Waals surface area contributed by atoms with Gasteiger partial charge < -0.3 is 20.1 Å². The molecule has 1 atom stereocenters. The quantitative estimate of drug-likeness (QED) is 0.835. The van der Waals surface area contributed by atoms with Gasteiger partial charge in [0, 0.05) is 38.2 Å². The number of hydrogen-bond acceptors (Lipinski definition) is 6. The number of fused-ring (bicyclic) bond motifs is 1. The summed E-state index contributed by atoms with van der Waals surface area (Å²) in [6, 6.07) is 0.440. The highest BCUT2D eigenvalue weighted by Crippen LogP contribution is 2.23. The standard InChI is InChI=1S/C13H20N4O2/c1-18-13-16-11-4-5-14-8-10(11)12(17-13)15-7-9-3-2-6-19-9/h9,14H,2-8H2,1H3,(H,15,16,17). The van der Waals surface area contributed by atoms with Gasteiger partial charge in [0.15, 0.2) is 0 Å². The van der Waals surface area contributed by atoms with Crippen LogP contribution in [0, 0.1) is 0 Å². The predicted octanol–water partition coefficient (Wildman–Crippen LogP) is 0.722. The van der Waals surface area contributed by atoms with E-state index in [2.05, 4.69) is 20.6 Å². The van der Waals surface area contributed by atoms with E-state index in [4.69, 9.17) is 9.47 Å². The number of ether oxygens (including phenoxy) is 2. The molecule has 2 aliphatic rings. The molecule has 1 saturated heterocycles. The highest BCUT2D eigenvalue weighted by atomic mass is 16.5. The van der Waals surface area contributed by atoms with E-state index in [0.29, 0.717) is 12.1 Å². The average Bonchev–Trinajstić information content (AvgIpc) is 2.97. The molecular weight excluding hydrogens is 244 g/mol. The van der Waals surface area contributed by atoms with E-state index in [1.54, 1.807) is 7.11 Å². The fourth-order valence-corrected chi connectivity index (χ4v) is 2.57. The van der Waals surface area contributed by atoms with E-state index in [1.165, 1.54) is 0 Å². The summed E-state index contributed by atoms with van der Waals surface area (Å²) in [7, 11) is 1.60. The van der Waals surface area contributed by atoms with E-state index in [-0.39, 0.29) is 0 Å². The first-order valence-electron chi connectivity index (χ1n) is 6.87. The van der Waals surface area contributed by atoms with Gasteiger partial charge in [-0.25, -0.2) is 0 Å². The molecule has 1 aromatic heterocycles. The number of hydrogen-bond donors (Lipinski definition) is 2. The van der Waals surface area contributed by atoms with Gasteiger partial charge in [-0.15, -0.1) is 0 Å². The maximum atomic E-state index is 5.62. The maximum Gasteiger partial charge on any atom is 0.318 e. The molecule has 0 bridgehead atoms. The molecule has 19 heavy (non-hydrogen) atoms. The van der Waals surface area contributed by atoms with Crippen LogP contribution in [0.5, 0.6) is 6.01 Å². The Morgan fingerprint density at radius 1 is 1.47 bits per heavy atom. The van der Waals surface area contributed by atoms with Crippen LogP contribution in [-0.2, 0) is 17.7 Å². The number of nitrogens with one attached hydrogen (secondary N) is 2. The predicted molar refractivity (Wildman–Crippen MR) is 71.5 cm³/mol. The zero-order chi connectivity index (χ0) is 13.1. The summed E-state index contributed by atoms with van der Waals surface area (Å²) in [6.07, 6.45) is 3.49. The van der Waals surface area contributed by atoms with Gasteiger partial charge in [-0.3, -0.25) is 0 Å². The van der Waals surface area contributed by atoms with Crippen LogP contribution in [0.25, 0.3) is 0 Å². The van der Waals surface area contributed by atoms with Gasteiger partial charge in [0.25, 0.3) is 0 Å². The molecule has 3 heterocycles. The second kappa shape index (κ2) is 5.71. The van der Waals surface area contributed by atoms with Crippen molar-refractivity contribution < 1.29 is 9.47 Å². The first-order valence-corrected chi connectivity index (χ1v) is 6.87. The van der Waals surface area contributed by atoms with Gasteiger partial charge in [0.05, 0.1) is 18.9 Å². The van der Waals surface area contributed by atoms with Crippen LogP contribution < -0.4 is 15.4 Å². The van der Waals surface area contributed by atoms with Crippen molar-refractivity contribution in [2.45, 2.75) is 31.9 Å². The number of nitrogens with zero attached hydrogens (tertiary/aromatic N) is 2. The number of rotatable bonds is 4. The van der Waals surface area contributed by atoms with Crippen molar-refractivity contribution in [2.75, 3.05) is 32.1 Å². The van der Waals surface area contributed by atoms with Crippen molar-refractivity contribution in [1.82, 2.24) is 15.3 Å². The SMILES string of the molecule is COc1nc2c(c(NCC3CCCO3)n1)CNCC2. The largest absolute Gasteiger partial charge is 0.467 e. The second-order valence-electron chi connectivity index (χ2n) is 4.93. The van der Waals surface area contributed by atoms with Crippen molar-refractivity contribution >= 4 is 5.82 Å². The minimum atomic E-state index is 0.299. The topological polar surface area (TPSA) is 68.3 Å². The van der Waals surface area contributed by atoms with Crippen LogP contribution in [0.4, 0.5) is 5.82 Å². The lowest BCUT2D eigenvalue weighted by molar-refractivity contribution is 0.120. The second-order valence-corrected chi connectivity index (χ2v) is 4.93. The summed E-state index contributed by atoms with van der Waals surface area (Å²) in [4.78, 5) is 8.85. The fraction of sp³-hybridized carbons (Fsp3) is 0.692. The highest BCUT2D eigenvalue weighted by Gasteiger charge is 2.20. The van der Waals surface area contributed by atoms with Gasteiger partial charge in [-0.1, -0.05) is 0 Å². The van der Waals surface area contributed by atoms with Crippen LogP contribution in [0.15, 0.2) is 0 Å². The highest BCUT2D eigenvalue weighted by molar-refractivity contribution is 5.48. The summed E-state index contributed by atoms with van der Waals surface area (Å²) < 4.78 is 10.8. The summed E-state index contributed by atoms with van der Waals surface area (Å²) in [5.41, 5.74) is 2.24. The fourth-order valence-electron chi connectivity index (χ4n) is 2.57. The van der Waals surface area contributed by atoms with E-state index in [0.717, 1.165) is 62.6 Å². The number of anilines is 1. The Morgan fingerprint density at radius 2 is 2.42 bits per heavy atom. The molecule has 1 fully saturated rings. The molecule has 0 aromatic carbocycles. The van der Waals surface area contributed by atoms with Crippen molar-refractivity contribution in [1.29, 1.82) is 0 Å². The van der Waals surface area contributed by atoms with Crippen LogP contribution in [-0.4, -0.2) is 42.9 Å². The van der Waals surface area contributed by atoms with Crippen LogP contribution >= 0.6 is 0 Å². The summed E-state index contributed by atoms with van der Waals surface area (Å²) in [5.74, 6) is 0.879. The van der Waals surface area contributed by atoms with E-state index in [9.17, 15) is 0 Å². The molecule has 1 aromatic rings. The van der Waals surface area contributed by atoms with Crippen molar-refractivity contribution in [3.8, 4) is 6.01 Å². The Hall–Kier alpha value is -1.40. The van der Waals surface area contributed by atoms with E-state index < -0.39 is 0 Å². The third-order valence-corrected chi connectivity index (χ3v) is 3.62. The maximum absolute atomic E-state index is 5.62. The number of methoxy groups -OCH3 is 1. The molecule has 0 radical (unpaired) electrons. The third kappa shape index (κ3) is 2.79. The average molecular weight is 264 g/mol. The zero-order valence-corrected chi connectivity index (χ0v) is 11.2. The summed E-state index contributed by atoms with van der Waals surface area (Å²) >= 11 is 0. The van der Waals surface area contributed by atoms with Crippen LogP contribution in [0.2, 0.25) is 0 Å². The molecule has 2 aliphatic heterocycles. The Balaban J connectivity index is 1.77. The Labute approximate surface area is 112 Å². The van der Waals surface area contributed by atoms with Gasteiger partial charge >= 0.3 is 6.01 Å². The third-order valence-electron chi connectivity index (χ3n) is 3.62. The molecule has 0 amide bonds. The van der Waals surface area contributed by atoms with E-state index >= 15 is 0 Å². The normalized spacial score (nSPS) is 22.1. The molecule has 6 nitrogen and oxygen atoms in total. The number of aromatic nitrogens is 2. The molecule has 104 valence electrons. The molecule has 2 N–H and O–H groups in total. The Morgan fingerprint density at radius 3 is 3.21 bits per heavy atom. The Bertz CT molecular complexity index is 447. The van der Waals surface area contributed by atoms with Crippen molar-refractivity contribution in [3.63, 3.8) is 0 Å². The van der Waals surface area contributed by atoms with Crippen LogP contribution in [0.1, 0.15) is 24.1 Å². The zero-order valence-electron chi connectivity index (χ0n) is 11.2. The van der Waals surface area contributed by atoms with Crippen molar-refractivity contribution in [2.24, 2.45) is 0 Å². The monoisotopic (exact) mass is 264 g/mol. The molecule has 1 unspecified atom stereocenters. The lowest BCUT2D eigenvalue weighted by Crippen LogP contribution is -2.28. The smallest absolute Gasteiger partial charge is 0.318 e. The first kappa shape index (κ1) is 12.6. The van der Waals surface area contributed by atoms with E-state index in [1.807, 2.05) is 0 Å². The van der Waals surface area contributed by atoms with Crippen molar-refractivity contribution in [3.05, 3.63) is 11.3 Å². The summed E-state index contributed by atoms with van der Waals surface area (Å²) in [6.45, 7) is 3.44. The van der Waals surface area contributed by atoms with Gasteiger partial charge in [-0.2, -0.15) is 9.97 Å². The van der Waals surface area contributed by atoms with Gasteiger partial charge in [0.1, 0.15) is 5.82 Å². The lowest BCUT2D eigenvalue weighted by Gasteiger charge is -2.21. The van der Waals surface area contributed by atoms with Gasteiger partial charge in [-0.05, 0) is 12.8 Å². The molecule has 0 spiro atoms. The first-order chi connectivity index (χ1) is 9.36. The Kier molecular flexibility index (Phi) is 3.79. The lowest BCUT2D eigenvalue weighted by atomic mass is 10.1. The molecule has 6 heteroatoms. The minimum Gasteiger partial charge on any atom is -0.467 e. The molecule has 0 saturated carbocycles. The summed E-state index contributed by atoms with van der Waals surface area (Å²) in [5, 5.41) is 6.75. The van der Waals surface area contributed by atoms with Gasteiger partial charge in [0.2, 0.25) is 0 Å². The molecule has 0 aliphatic carbocycles.